The highest BCUT2D eigenvalue weighted by molar-refractivity contribution is 5.91. The molecule has 0 unspecified atom stereocenters. The zero-order chi connectivity index (χ0) is 17.5. The monoisotopic (exact) mass is 343 g/mol. The van der Waals surface area contributed by atoms with E-state index in [4.69, 9.17) is 4.42 Å². The number of hydrogen-bond acceptors (Lipinski definition) is 5. The van der Waals surface area contributed by atoms with Crippen molar-refractivity contribution in [2.45, 2.75) is 12.5 Å². The van der Waals surface area contributed by atoms with Crippen LogP contribution in [0.1, 0.15) is 17.0 Å². The Morgan fingerprint density at radius 1 is 1.20 bits per heavy atom. The van der Waals surface area contributed by atoms with Gasteiger partial charge < -0.3 is 25.3 Å². The smallest absolute Gasteiger partial charge is 0.315 e. The van der Waals surface area contributed by atoms with Gasteiger partial charge in [-0.2, -0.15) is 0 Å². The van der Waals surface area contributed by atoms with Crippen molar-refractivity contribution in [2.24, 2.45) is 0 Å². The average Bonchev–Trinajstić information content (AvgIpc) is 3.31. The van der Waals surface area contributed by atoms with Gasteiger partial charge in [-0.3, -0.25) is 4.79 Å². The van der Waals surface area contributed by atoms with E-state index in [2.05, 4.69) is 25.8 Å². The van der Waals surface area contributed by atoms with Gasteiger partial charge >= 0.3 is 6.03 Å². The Labute approximate surface area is 145 Å². The number of nitrogens with one attached hydrogen (secondary N) is 3. The second-order valence-electron chi connectivity index (χ2n) is 5.75. The maximum atomic E-state index is 11.9. The highest BCUT2D eigenvalue weighted by Crippen LogP contribution is 2.17. The predicted molar refractivity (Wildman–Crippen MR) is 92.4 cm³/mol. The van der Waals surface area contributed by atoms with Gasteiger partial charge in [0.2, 0.25) is 0 Å². The van der Waals surface area contributed by atoms with Crippen LogP contribution in [0.15, 0.2) is 47.2 Å². The first-order chi connectivity index (χ1) is 12.2. The Hall–Kier alpha value is -3.03. The molecule has 1 fully saturated rings. The molecule has 0 bridgehead atoms. The first kappa shape index (κ1) is 16.8. The van der Waals surface area contributed by atoms with E-state index in [0.717, 1.165) is 25.3 Å². The van der Waals surface area contributed by atoms with Crippen LogP contribution in [0.3, 0.4) is 0 Å². The summed E-state index contributed by atoms with van der Waals surface area (Å²) in [6.45, 7) is 2.27. The van der Waals surface area contributed by atoms with Gasteiger partial charge in [0, 0.05) is 38.4 Å². The number of amides is 3. The SMILES string of the molecule is O=C(NCCNC(=O)c1ccco1)N[C@H]1CCN(c2ccccn2)C1. The summed E-state index contributed by atoms with van der Waals surface area (Å²) in [6, 6.07) is 8.88. The number of furan rings is 1. The maximum absolute atomic E-state index is 11.9. The van der Waals surface area contributed by atoms with Crippen LogP contribution in [0, 0.1) is 0 Å². The van der Waals surface area contributed by atoms with E-state index in [9.17, 15) is 9.59 Å². The average molecular weight is 343 g/mol. The van der Waals surface area contributed by atoms with E-state index in [1.807, 2.05) is 18.2 Å². The Morgan fingerprint density at radius 3 is 2.84 bits per heavy atom. The molecule has 132 valence electrons. The molecule has 1 saturated heterocycles. The fourth-order valence-electron chi connectivity index (χ4n) is 2.71. The van der Waals surface area contributed by atoms with Gasteiger partial charge in [0.15, 0.2) is 5.76 Å². The molecule has 25 heavy (non-hydrogen) atoms. The molecule has 1 aliphatic heterocycles. The molecular weight excluding hydrogens is 322 g/mol. The second-order valence-corrected chi connectivity index (χ2v) is 5.75. The number of hydrogen-bond donors (Lipinski definition) is 3. The van der Waals surface area contributed by atoms with Crippen LogP contribution in [0.2, 0.25) is 0 Å². The van der Waals surface area contributed by atoms with Crippen molar-refractivity contribution >= 4 is 17.8 Å². The molecule has 8 nitrogen and oxygen atoms in total. The minimum Gasteiger partial charge on any atom is -0.459 e. The van der Waals surface area contributed by atoms with Crippen LogP contribution in [0.25, 0.3) is 0 Å². The molecule has 0 spiro atoms. The third kappa shape index (κ3) is 4.72. The predicted octanol–water partition coefficient (Wildman–Crippen LogP) is 0.982. The molecule has 3 amide bonds. The first-order valence-corrected chi connectivity index (χ1v) is 8.24. The Morgan fingerprint density at radius 2 is 2.08 bits per heavy atom. The van der Waals surface area contributed by atoms with Crippen LogP contribution < -0.4 is 20.9 Å². The summed E-state index contributed by atoms with van der Waals surface area (Å²) in [5, 5.41) is 8.35. The van der Waals surface area contributed by atoms with Crippen molar-refractivity contribution in [2.75, 3.05) is 31.1 Å². The lowest BCUT2D eigenvalue weighted by Crippen LogP contribution is -2.45. The number of nitrogens with zero attached hydrogens (tertiary/aromatic N) is 2. The Balaban J connectivity index is 1.32. The van der Waals surface area contributed by atoms with Crippen molar-refractivity contribution in [3.05, 3.63) is 48.6 Å². The van der Waals surface area contributed by atoms with Crippen LogP contribution in [-0.4, -0.2) is 49.1 Å². The zero-order valence-corrected chi connectivity index (χ0v) is 13.8. The van der Waals surface area contributed by atoms with Crippen LogP contribution in [0.5, 0.6) is 0 Å². The Kier molecular flexibility index (Phi) is 5.50. The number of anilines is 1. The quantitative estimate of drug-likeness (QED) is 0.679. The molecule has 0 saturated carbocycles. The van der Waals surface area contributed by atoms with Crippen molar-refractivity contribution in [1.29, 1.82) is 0 Å². The number of pyridine rings is 1. The van der Waals surface area contributed by atoms with Gasteiger partial charge in [-0.25, -0.2) is 9.78 Å². The van der Waals surface area contributed by atoms with Crippen molar-refractivity contribution in [3.8, 4) is 0 Å². The van der Waals surface area contributed by atoms with Gasteiger partial charge in [-0.05, 0) is 30.7 Å². The summed E-state index contributed by atoms with van der Waals surface area (Å²) in [7, 11) is 0. The number of carbonyl (C=O) groups excluding carboxylic acids is 2. The maximum Gasteiger partial charge on any atom is 0.315 e. The fourth-order valence-corrected chi connectivity index (χ4v) is 2.71. The summed E-state index contributed by atoms with van der Waals surface area (Å²) >= 11 is 0. The Bertz CT molecular complexity index is 690. The van der Waals surface area contributed by atoms with E-state index in [0.29, 0.717) is 13.1 Å². The third-order valence-electron chi connectivity index (χ3n) is 3.94. The largest absolute Gasteiger partial charge is 0.459 e. The molecule has 8 heteroatoms. The number of urea groups is 1. The molecule has 0 aliphatic carbocycles. The van der Waals surface area contributed by atoms with E-state index in [1.165, 1.54) is 6.26 Å². The summed E-state index contributed by atoms with van der Waals surface area (Å²) in [5.41, 5.74) is 0. The van der Waals surface area contributed by atoms with E-state index in [1.54, 1.807) is 18.3 Å². The first-order valence-electron chi connectivity index (χ1n) is 8.24. The molecule has 3 rings (SSSR count). The van der Waals surface area contributed by atoms with Crippen molar-refractivity contribution < 1.29 is 14.0 Å². The summed E-state index contributed by atoms with van der Waals surface area (Å²) in [5.74, 6) is 0.881. The van der Waals surface area contributed by atoms with Crippen molar-refractivity contribution in [3.63, 3.8) is 0 Å². The molecular formula is C17H21N5O3. The lowest BCUT2D eigenvalue weighted by Gasteiger charge is -2.18. The molecule has 2 aromatic heterocycles. The fraction of sp³-hybridized carbons (Fsp3) is 0.353. The number of rotatable bonds is 6. The summed E-state index contributed by atoms with van der Waals surface area (Å²) in [6.07, 6.45) is 4.08. The zero-order valence-electron chi connectivity index (χ0n) is 13.8. The molecule has 1 aliphatic rings. The third-order valence-corrected chi connectivity index (χ3v) is 3.94. The van der Waals surface area contributed by atoms with Crippen LogP contribution in [-0.2, 0) is 0 Å². The van der Waals surface area contributed by atoms with Gasteiger partial charge in [0.05, 0.1) is 6.26 Å². The second kappa shape index (κ2) is 8.18. The van der Waals surface area contributed by atoms with E-state index >= 15 is 0 Å². The highest BCUT2D eigenvalue weighted by atomic mass is 16.3. The number of carbonyl (C=O) groups is 2. The van der Waals surface area contributed by atoms with Crippen molar-refractivity contribution in [1.82, 2.24) is 20.9 Å². The normalized spacial score (nSPS) is 16.5. The summed E-state index contributed by atoms with van der Waals surface area (Å²) in [4.78, 5) is 30.1. The standard InChI is InChI=1S/C17H21N5O3/c23-16(14-4-3-11-25-14)19-8-9-20-17(24)21-13-6-10-22(12-13)15-5-1-2-7-18-15/h1-5,7,11,13H,6,8-10,12H2,(H,19,23)(H2,20,21,24)/t13-/m0/s1. The molecule has 2 aromatic rings. The number of aromatic nitrogens is 1. The lowest BCUT2D eigenvalue weighted by atomic mass is 10.3. The minimum atomic E-state index is -0.297. The highest BCUT2D eigenvalue weighted by Gasteiger charge is 2.24. The molecule has 3 heterocycles. The molecule has 3 N–H and O–H groups in total. The van der Waals surface area contributed by atoms with E-state index < -0.39 is 0 Å². The van der Waals surface area contributed by atoms with Crippen LogP contribution >= 0.6 is 0 Å². The topological polar surface area (TPSA) is 99.5 Å². The van der Waals surface area contributed by atoms with E-state index in [-0.39, 0.29) is 23.7 Å². The van der Waals surface area contributed by atoms with Gasteiger partial charge in [-0.15, -0.1) is 0 Å². The molecule has 0 radical (unpaired) electrons. The van der Waals surface area contributed by atoms with Gasteiger partial charge in [0.1, 0.15) is 5.82 Å². The van der Waals surface area contributed by atoms with Gasteiger partial charge in [-0.1, -0.05) is 6.07 Å². The minimum absolute atomic E-state index is 0.0831. The molecule has 1 atom stereocenters. The lowest BCUT2D eigenvalue weighted by molar-refractivity contribution is 0.0926. The molecule has 0 aromatic carbocycles. The van der Waals surface area contributed by atoms with Gasteiger partial charge in [0.25, 0.3) is 5.91 Å². The summed E-state index contributed by atoms with van der Waals surface area (Å²) < 4.78 is 4.99. The van der Waals surface area contributed by atoms with Crippen LogP contribution in [0.4, 0.5) is 10.6 Å².